The summed E-state index contributed by atoms with van der Waals surface area (Å²) in [6.45, 7) is 1.10. The highest BCUT2D eigenvalue weighted by molar-refractivity contribution is 7.13. The Labute approximate surface area is 183 Å². The van der Waals surface area contributed by atoms with Gasteiger partial charge in [0, 0.05) is 36.0 Å². The SMILES string of the molecule is COc1ccccc1Cc1noc(C2CN(C(=O)c3csc(-c4ccccc4)n3)C2)n1. The van der Waals surface area contributed by atoms with Gasteiger partial charge in [-0.25, -0.2) is 4.98 Å². The summed E-state index contributed by atoms with van der Waals surface area (Å²) in [6.07, 6.45) is 0.532. The molecule has 0 radical (unpaired) electrons. The summed E-state index contributed by atoms with van der Waals surface area (Å²) in [6, 6.07) is 17.6. The quantitative estimate of drug-likeness (QED) is 0.458. The molecule has 7 nitrogen and oxygen atoms in total. The number of thiazole rings is 1. The molecular weight excluding hydrogens is 412 g/mol. The minimum absolute atomic E-state index is 0.0510. The van der Waals surface area contributed by atoms with Crippen LogP contribution in [-0.4, -0.2) is 46.1 Å². The number of nitrogens with zero attached hydrogens (tertiary/aromatic N) is 4. The number of para-hydroxylation sites is 1. The molecule has 8 heteroatoms. The van der Waals surface area contributed by atoms with Gasteiger partial charge in [-0.3, -0.25) is 4.79 Å². The van der Waals surface area contributed by atoms with E-state index in [0.717, 1.165) is 21.9 Å². The predicted octanol–water partition coefficient (Wildman–Crippen LogP) is 4.03. The fraction of sp³-hybridized carbons (Fsp3) is 0.217. The Morgan fingerprint density at radius 3 is 2.71 bits per heavy atom. The lowest BCUT2D eigenvalue weighted by atomic mass is 10.00. The lowest BCUT2D eigenvalue weighted by Crippen LogP contribution is -2.48. The monoisotopic (exact) mass is 432 g/mol. The van der Waals surface area contributed by atoms with Crippen LogP contribution in [-0.2, 0) is 6.42 Å². The van der Waals surface area contributed by atoms with Crippen LogP contribution in [0.4, 0.5) is 0 Å². The zero-order chi connectivity index (χ0) is 21.2. The fourth-order valence-electron chi connectivity index (χ4n) is 3.57. The average molecular weight is 433 g/mol. The average Bonchev–Trinajstić information content (AvgIpc) is 3.44. The summed E-state index contributed by atoms with van der Waals surface area (Å²) in [7, 11) is 1.64. The van der Waals surface area contributed by atoms with Crippen LogP contribution in [0.15, 0.2) is 64.5 Å². The molecular formula is C23H20N4O3S. The fourth-order valence-corrected chi connectivity index (χ4v) is 4.37. The summed E-state index contributed by atoms with van der Waals surface area (Å²) >= 11 is 1.48. The normalized spacial score (nSPS) is 13.8. The maximum Gasteiger partial charge on any atom is 0.273 e. The number of hydrogen-bond donors (Lipinski definition) is 0. The second kappa shape index (κ2) is 8.31. The van der Waals surface area contributed by atoms with Crippen molar-refractivity contribution in [2.45, 2.75) is 12.3 Å². The van der Waals surface area contributed by atoms with Gasteiger partial charge in [0.05, 0.1) is 13.0 Å². The van der Waals surface area contributed by atoms with Gasteiger partial charge in [0.2, 0.25) is 5.89 Å². The smallest absolute Gasteiger partial charge is 0.273 e. The largest absolute Gasteiger partial charge is 0.496 e. The highest BCUT2D eigenvalue weighted by Crippen LogP contribution is 2.30. The van der Waals surface area contributed by atoms with Crippen molar-refractivity contribution in [3.8, 4) is 16.3 Å². The van der Waals surface area contributed by atoms with Crippen LogP contribution in [0, 0.1) is 0 Å². The number of likely N-dealkylation sites (tertiary alicyclic amines) is 1. The summed E-state index contributed by atoms with van der Waals surface area (Å²) in [5.41, 5.74) is 2.49. The molecule has 0 atom stereocenters. The van der Waals surface area contributed by atoms with Crippen LogP contribution in [0.2, 0.25) is 0 Å². The lowest BCUT2D eigenvalue weighted by molar-refractivity contribution is 0.0564. The standard InChI is InChI=1S/C23H20N4O3S/c1-29-19-10-6-5-9-16(19)11-20-25-21(30-26-20)17-12-27(13-17)23(28)18-14-31-22(24-18)15-7-3-2-4-8-15/h2-10,14,17H,11-13H2,1H3. The molecule has 0 unspecified atom stereocenters. The van der Waals surface area contributed by atoms with E-state index < -0.39 is 0 Å². The number of benzene rings is 2. The van der Waals surface area contributed by atoms with E-state index in [1.54, 1.807) is 12.0 Å². The number of carbonyl (C=O) groups is 1. The van der Waals surface area contributed by atoms with Crippen molar-refractivity contribution >= 4 is 17.2 Å². The van der Waals surface area contributed by atoms with E-state index >= 15 is 0 Å². The second-order valence-corrected chi connectivity index (χ2v) is 8.21. The molecule has 2 aromatic heterocycles. The van der Waals surface area contributed by atoms with Gasteiger partial charge in [0.25, 0.3) is 5.91 Å². The molecule has 1 aliphatic rings. The van der Waals surface area contributed by atoms with Gasteiger partial charge in [0.1, 0.15) is 16.5 Å². The molecule has 156 valence electrons. The molecule has 0 aliphatic carbocycles. The first-order chi connectivity index (χ1) is 15.2. The molecule has 4 aromatic rings. The van der Waals surface area contributed by atoms with Gasteiger partial charge < -0.3 is 14.2 Å². The predicted molar refractivity (Wildman–Crippen MR) is 116 cm³/mol. The maximum absolute atomic E-state index is 12.8. The summed E-state index contributed by atoms with van der Waals surface area (Å²) in [5.74, 6) is 1.96. The molecule has 5 rings (SSSR count). The Hall–Kier alpha value is -3.52. The molecule has 0 bridgehead atoms. The Morgan fingerprint density at radius 2 is 1.90 bits per heavy atom. The van der Waals surface area contributed by atoms with Gasteiger partial charge in [0.15, 0.2) is 5.82 Å². The van der Waals surface area contributed by atoms with Crippen molar-refractivity contribution in [3.05, 3.63) is 82.9 Å². The van der Waals surface area contributed by atoms with E-state index in [1.165, 1.54) is 11.3 Å². The maximum atomic E-state index is 12.8. The van der Waals surface area contributed by atoms with Crippen molar-refractivity contribution in [1.29, 1.82) is 0 Å². The van der Waals surface area contributed by atoms with E-state index in [1.807, 2.05) is 60.0 Å². The minimum atomic E-state index is -0.0663. The van der Waals surface area contributed by atoms with E-state index in [4.69, 9.17) is 9.26 Å². The zero-order valence-corrected chi connectivity index (χ0v) is 17.7. The Kier molecular flexibility index (Phi) is 5.21. The Bertz CT molecular complexity index is 1200. The third-order valence-corrected chi connectivity index (χ3v) is 6.18. The van der Waals surface area contributed by atoms with Crippen molar-refractivity contribution in [2.75, 3.05) is 20.2 Å². The number of hydrogen-bond acceptors (Lipinski definition) is 7. The number of amides is 1. The lowest BCUT2D eigenvalue weighted by Gasteiger charge is -2.36. The molecule has 0 spiro atoms. The second-order valence-electron chi connectivity index (χ2n) is 7.35. The highest BCUT2D eigenvalue weighted by Gasteiger charge is 2.36. The van der Waals surface area contributed by atoms with E-state index in [0.29, 0.717) is 36.9 Å². The minimum Gasteiger partial charge on any atom is -0.496 e. The van der Waals surface area contributed by atoms with Crippen LogP contribution in [0.5, 0.6) is 5.75 Å². The first-order valence-corrected chi connectivity index (χ1v) is 10.8. The Balaban J connectivity index is 1.21. The molecule has 0 saturated carbocycles. The molecule has 1 fully saturated rings. The van der Waals surface area contributed by atoms with E-state index in [-0.39, 0.29) is 11.8 Å². The van der Waals surface area contributed by atoms with E-state index in [9.17, 15) is 4.79 Å². The summed E-state index contributed by atoms with van der Waals surface area (Å²) in [4.78, 5) is 23.6. The number of methoxy groups -OCH3 is 1. The zero-order valence-electron chi connectivity index (χ0n) is 16.9. The summed E-state index contributed by atoms with van der Waals surface area (Å²) in [5, 5.41) is 6.76. The van der Waals surface area contributed by atoms with Crippen molar-refractivity contribution in [3.63, 3.8) is 0 Å². The van der Waals surface area contributed by atoms with Crippen LogP contribution < -0.4 is 4.74 Å². The molecule has 1 saturated heterocycles. The third-order valence-electron chi connectivity index (χ3n) is 5.29. The molecule has 3 heterocycles. The number of carbonyl (C=O) groups excluding carboxylic acids is 1. The Morgan fingerprint density at radius 1 is 1.13 bits per heavy atom. The first kappa shape index (κ1) is 19.4. The highest BCUT2D eigenvalue weighted by atomic mass is 32.1. The molecule has 31 heavy (non-hydrogen) atoms. The summed E-state index contributed by atoms with van der Waals surface area (Å²) < 4.78 is 10.8. The van der Waals surface area contributed by atoms with Crippen LogP contribution in [0.25, 0.3) is 10.6 Å². The number of ether oxygens (including phenoxy) is 1. The van der Waals surface area contributed by atoms with E-state index in [2.05, 4.69) is 15.1 Å². The first-order valence-electron chi connectivity index (χ1n) is 9.96. The number of aromatic nitrogens is 3. The van der Waals surface area contributed by atoms with Gasteiger partial charge in [-0.1, -0.05) is 53.7 Å². The van der Waals surface area contributed by atoms with Crippen molar-refractivity contribution in [1.82, 2.24) is 20.0 Å². The molecule has 0 N–H and O–H groups in total. The van der Waals surface area contributed by atoms with Crippen LogP contribution in [0.3, 0.4) is 0 Å². The number of rotatable bonds is 6. The van der Waals surface area contributed by atoms with Crippen LogP contribution >= 0.6 is 11.3 Å². The molecule has 1 aliphatic heterocycles. The van der Waals surface area contributed by atoms with Crippen molar-refractivity contribution in [2.24, 2.45) is 0 Å². The third kappa shape index (κ3) is 3.94. The van der Waals surface area contributed by atoms with Gasteiger partial charge in [-0.15, -0.1) is 11.3 Å². The van der Waals surface area contributed by atoms with Crippen LogP contribution in [0.1, 0.15) is 33.7 Å². The van der Waals surface area contributed by atoms with Gasteiger partial charge >= 0.3 is 0 Å². The topological polar surface area (TPSA) is 81.4 Å². The molecule has 2 aromatic carbocycles. The van der Waals surface area contributed by atoms with Gasteiger partial charge in [-0.05, 0) is 6.07 Å². The van der Waals surface area contributed by atoms with Crippen molar-refractivity contribution < 1.29 is 14.1 Å². The van der Waals surface area contributed by atoms with Gasteiger partial charge in [-0.2, -0.15) is 4.98 Å². The molecule has 1 amide bonds.